The molecule has 0 unspecified atom stereocenters. The molecule has 0 radical (unpaired) electrons. The van der Waals surface area contributed by atoms with Crippen molar-refractivity contribution in [2.75, 3.05) is 7.05 Å². The van der Waals surface area contributed by atoms with Crippen LogP contribution in [0, 0.1) is 5.92 Å². The van der Waals surface area contributed by atoms with Crippen molar-refractivity contribution in [2.24, 2.45) is 15.9 Å². The van der Waals surface area contributed by atoms with Crippen molar-refractivity contribution in [2.45, 2.75) is 33.1 Å². The Balaban J connectivity index is 2.40. The average Bonchev–Trinajstić information content (AvgIpc) is 2.57. The minimum absolute atomic E-state index is 0.420. The molecule has 0 saturated heterocycles. The van der Waals surface area contributed by atoms with Gasteiger partial charge < -0.3 is 0 Å². The molecule has 1 aliphatic rings. The Bertz CT molecular complexity index is 577. The molecule has 1 atom stereocenters. The van der Waals surface area contributed by atoms with E-state index in [2.05, 4.69) is 61.3 Å². The third-order valence-electron chi connectivity index (χ3n) is 3.89. The Morgan fingerprint density at radius 3 is 2.57 bits per heavy atom. The predicted octanol–water partition coefficient (Wildman–Crippen LogP) is 4.83. The fourth-order valence-corrected chi connectivity index (χ4v) is 2.43. The van der Waals surface area contributed by atoms with Gasteiger partial charge in [-0.05, 0) is 36.3 Å². The molecule has 0 aliphatic heterocycles. The van der Waals surface area contributed by atoms with Gasteiger partial charge in [0.1, 0.15) is 5.84 Å². The third-order valence-corrected chi connectivity index (χ3v) is 3.89. The first-order chi connectivity index (χ1) is 10.3. The van der Waals surface area contributed by atoms with E-state index in [1.807, 2.05) is 13.1 Å². The van der Waals surface area contributed by atoms with Crippen molar-refractivity contribution < 1.29 is 0 Å². The molecule has 0 bridgehead atoms. The van der Waals surface area contributed by atoms with E-state index in [1.54, 1.807) is 0 Å². The highest BCUT2D eigenvalue weighted by Crippen LogP contribution is 2.18. The number of nitrogens with zero attached hydrogens (tertiary/aromatic N) is 2. The van der Waals surface area contributed by atoms with E-state index in [9.17, 15) is 0 Å². The molecule has 0 N–H and O–H groups in total. The Labute approximate surface area is 128 Å². The smallest absolute Gasteiger partial charge is 0.150 e. The highest BCUT2D eigenvalue weighted by molar-refractivity contribution is 6.13. The molecule has 0 aromatic heterocycles. The summed E-state index contributed by atoms with van der Waals surface area (Å²) in [6, 6.07) is 10.4. The molecule has 110 valence electrons. The van der Waals surface area contributed by atoms with Gasteiger partial charge in [0.15, 0.2) is 0 Å². The summed E-state index contributed by atoms with van der Waals surface area (Å²) < 4.78 is 0. The molecule has 0 spiro atoms. The Kier molecular flexibility index (Phi) is 5.68. The maximum atomic E-state index is 4.92. The van der Waals surface area contributed by atoms with Gasteiger partial charge in [0.25, 0.3) is 0 Å². The first kappa shape index (κ1) is 15.4. The van der Waals surface area contributed by atoms with Crippen LogP contribution in [0.25, 0.3) is 0 Å². The van der Waals surface area contributed by atoms with Gasteiger partial charge in [0.05, 0.1) is 5.71 Å². The molecule has 0 fully saturated rings. The number of allylic oxidation sites excluding steroid dienone is 3. The predicted molar refractivity (Wildman–Crippen MR) is 92.3 cm³/mol. The van der Waals surface area contributed by atoms with E-state index >= 15 is 0 Å². The summed E-state index contributed by atoms with van der Waals surface area (Å²) in [6.45, 7) is 4.43. The van der Waals surface area contributed by atoms with Crippen LogP contribution >= 0.6 is 0 Å². The van der Waals surface area contributed by atoms with Gasteiger partial charge in [-0.2, -0.15) is 0 Å². The molecule has 1 aromatic carbocycles. The molecule has 0 saturated carbocycles. The zero-order chi connectivity index (χ0) is 15.1. The largest absolute Gasteiger partial charge is 0.270 e. The van der Waals surface area contributed by atoms with E-state index in [-0.39, 0.29) is 0 Å². The maximum Gasteiger partial charge on any atom is 0.150 e. The van der Waals surface area contributed by atoms with E-state index in [1.165, 1.54) is 11.1 Å². The van der Waals surface area contributed by atoms with Crippen molar-refractivity contribution in [3.8, 4) is 0 Å². The van der Waals surface area contributed by atoms with Crippen LogP contribution in [0.4, 0.5) is 0 Å². The van der Waals surface area contributed by atoms with Crippen LogP contribution in [0.1, 0.15) is 38.7 Å². The zero-order valence-corrected chi connectivity index (χ0v) is 13.2. The summed E-state index contributed by atoms with van der Waals surface area (Å²) in [7, 11) is 1.83. The Morgan fingerprint density at radius 1 is 1.24 bits per heavy atom. The normalized spacial score (nSPS) is 17.6. The lowest BCUT2D eigenvalue weighted by Gasteiger charge is -2.15. The van der Waals surface area contributed by atoms with Crippen LogP contribution < -0.4 is 0 Å². The molecule has 2 nitrogen and oxygen atoms in total. The Morgan fingerprint density at radius 2 is 2.00 bits per heavy atom. The number of amidine groups is 1. The highest BCUT2D eigenvalue weighted by Gasteiger charge is 2.14. The van der Waals surface area contributed by atoms with Gasteiger partial charge in [0.2, 0.25) is 0 Å². The summed E-state index contributed by atoms with van der Waals surface area (Å²) >= 11 is 0. The van der Waals surface area contributed by atoms with Crippen molar-refractivity contribution in [3.63, 3.8) is 0 Å². The van der Waals surface area contributed by atoms with Gasteiger partial charge in [-0.25, -0.2) is 4.99 Å². The first-order valence-electron chi connectivity index (χ1n) is 7.73. The molecular formula is C19H24N2. The second-order valence-electron chi connectivity index (χ2n) is 5.38. The maximum absolute atomic E-state index is 4.92. The van der Waals surface area contributed by atoms with Crippen LogP contribution in [0.3, 0.4) is 0 Å². The van der Waals surface area contributed by atoms with Crippen molar-refractivity contribution in [1.29, 1.82) is 0 Å². The lowest BCUT2D eigenvalue weighted by Crippen LogP contribution is -2.15. The van der Waals surface area contributed by atoms with Crippen molar-refractivity contribution in [1.82, 2.24) is 0 Å². The quantitative estimate of drug-likeness (QED) is 0.557. The van der Waals surface area contributed by atoms with Crippen molar-refractivity contribution in [3.05, 3.63) is 59.7 Å². The van der Waals surface area contributed by atoms with Crippen LogP contribution in [0.5, 0.6) is 0 Å². The number of rotatable bonds is 4. The van der Waals surface area contributed by atoms with Crippen molar-refractivity contribution >= 4 is 11.5 Å². The van der Waals surface area contributed by atoms with Gasteiger partial charge in [-0.3, -0.25) is 4.99 Å². The second-order valence-corrected chi connectivity index (χ2v) is 5.38. The third kappa shape index (κ3) is 4.01. The van der Waals surface area contributed by atoms with Gasteiger partial charge in [-0.1, -0.05) is 62.4 Å². The molecule has 0 heterocycles. The topological polar surface area (TPSA) is 24.7 Å². The minimum atomic E-state index is 0.420. The number of hydrogen-bond donors (Lipinski definition) is 0. The van der Waals surface area contributed by atoms with Crippen LogP contribution in [0.15, 0.2) is 64.1 Å². The average molecular weight is 280 g/mol. The number of benzene rings is 1. The Hall–Kier alpha value is -1.96. The van der Waals surface area contributed by atoms with Crippen LogP contribution in [-0.2, 0) is 0 Å². The molecule has 2 heteroatoms. The molecule has 0 amide bonds. The lowest BCUT2D eigenvalue weighted by atomic mass is 9.95. The molecule has 2 rings (SSSR count). The van der Waals surface area contributed by atoms with Gasteiger partial charge >= 0.3 is 0 Å². The van der Waals surface area contributed by atoms with E-state index in [4.69, 9.17) is 4.99 Å². The second kappa shape index (κ2) is 7.72. The monoisotopic (exact) mass is 280 g/mol. The molecular weight excluding hydrogens is 256 g/mol. The number of hydrogen-bond acceptors (Lipinski definition) is 1. The van der Waals surface area contributed by atoms with E-state index in [0.717, 1.165) is 30.8 Å². The summed E-state index contributed by atoms with van der Waals surface area (Å²) in [6.07, 6.45) is 9.59. The SMILES string of the molecule is CC[C@@H](C)/C(=N\C(=N/C)C1=CC=CCC1)c1ccccc1. The van der Waals surface area contributed by atoms with Crippen LogP contribution in [0.2, 0.25) is 0 Å². The highest BCUT2D eigenvalue weighted by atomic mass is 14.9. The summed E-state index contributed by atoms with van der Waals surface area (Å²) in [5, 5.41) is 0. The number of aliphatic imine (C=N–C) groups is 2. The van der Waals surface area contributed by atoms with E-state index in [0.29, 0.717) is 5.92 Å². The van der Waals surface area contributed by atoms with Crippen LogP contribution in [-0.4, -0.2) is 18.6 Å². The summed E-state index contributed by atoms with van der Waals surface area (Å²) in [4.78, 5) is 9.34. The fourth-order valence-electron chi connectivity index (χ4n) is 2.43. The minimum Gasteiger partial charge on any atom is -0.270 e. The molecule has 21 heavy (non-hydrogen) atoms. The van der Waals surface area contributed by atoms with E-state index < -0.39 is 0 Å². The standard InChI is InChI=1S/C19H24N2/c1-4-15(2)18(16-11-7-5-8-12-16)21-19(20-3)17-13-9-6-10-14-17/h5-9,11-13,15H,4,10,14H2,1-3H3/b20-19-,21-18+/t15-/m1/s1. The van der Waals surface area contributed by atoms with Gasteiger partial charge in [0, 0.05) is 7.05 Å². The summed E-state index contributed by atoms with van der Waals surface area (Å²) in [5.41, 5.74) is 3.56. The summed E-state index contributed by atoms with van der Waals surface area (Å²) in [5.74, 6) is 1.29. The lowest BCUT2D eigenvalue weighted by molar-refractivity contribution is 0.741. The molecule has 1 aliphatic carbocycles. The molecule has 1 aromatic rings. The zero-order valence-electron chi connectivity index (χ0n) is 13.2. The fraction of sp³-hybridized carbons (Fsp3) is 0.368. The first-order valence-corrected chi connectivity index (χ1v) is 7.73. The van der Waals surface area contributed by atoms with Gasteiger partial charge in [-0.15, -0.1) is 0 Å².